The quantitative estimate of drug-likeness (QED) is 0.132. The predicted octanol–water partition coefficient (Wildman–Crippen LogP) is 15.5. The normalized spacial score (nSPS) is 11.6. The third kappa shape index (κ3) is 7.14. The molecule has 0 saturated heterocycles. The molecule has 0 saturated carbocycles. The molecular weight excluding hydrogens is 741 g/mol. The number of nitrogens with zero attached hydrogens (tertiary/aromatic N) is 2. The van der Waals surface area contributed by atoms with Gasteiger partial charge in [-0.2, -0.15) is 0 Å². The van der Waals surface area contributed by atoms with E-state index >= 15 is 0 Å². The maximum absolute atomic E-state index is 2.40. The molecule has 1 aromatic heterocycles. The Morgan fingerprint density at radius 3 is 1.18 bits per heavy atom. The van der Waals surface area contributed by atoms with Gasteiger partial charge in [0.25, 0.3) is 0 Å². The maximum Gasteiger partial charge on any atom is 0.0775 e. The molecule has 0 fully saturated rings. The number of fused-ring (bicyclic) bond motifs is 3. The fourth-order valence-corrected chi connectivity index (χ4v) is 9.68. The van der Waals surface area contributed by atoms with Crippen molar-refractivity contribution in [3.63, 3.8) is 0 Å². The van der Waals surface area contributed by atoms with E-state index < -0.39 is 8.07 Å². The highest BCUT2D eigenvalue weighted by Crippen LogP contribution is 2.39. The van der Waals surface area contributed by atoms with Crippen molar-refractivity contribution in [2.24, 2.45) is 0 Å². The van der Waals surface area contributed by atoms with Gasteiger partial charge in [0, 0.05) is 33.5 Å². The lowest BCUT2D eigenvalue weighted by molar-refractivity contribution is 1.18. The van der Waals surface area contributed by atoms with Gasteiger partial charge in [-0.05, 0) is 111 Å². The first-order valence-corrected chi connectivity index (χ1v) is 24.3. The Labute approximate surface area is 354 Å². The van der Waals surface area contributed by atoms with Gasteiger partial charge >= 0.3 is 0 Å². The highest BCUT2D eigenvalue weighted by Gasteiger charge is 2.18. The Bertz CT molecular complexity index is 3050. The molecule has 0 aliphatic carbocycles. The Hall–Kier alpha value is -7.20. The van der Waals surface area contributed by atoms with Crippen LogP contribution >= 0.6 is 0 Å². The summed E-state index contributed by atoms with van der Waals surface area (Å²) < 4.78 is 2.37. The molecule has 10 aromatic rings. The molecule has 0 aliphatic rings. The fraction of sp³-hybridized carbons (Fsp3) is 0.0526. The van der Waals surface area contributed by atoms with E-state index in [1.54, 1.807) is 0 Å². The molecule has 0 aliphatic heterocycles. The molecule has 0 atom stereocenters. The van der Waals surface area contributed by atoms with E-state index in [2.05, 4.69) is 254 Å². The van der Waals surface area contributed by atoms with Crippen LogP contribution in [0.4, 0.5) is 17.1 Å². The van der Waals surface area contributed by atoms with Crippen molar-refractivity contribution in [1.82, 2.24) is 4.57 Å². The van der Waals surface area contributed by atoms with Gasteiger partial charge in [-0.25, -0.2) is 0 Å². The van der Waals surface area contributed by atoms with Crippen molar-refractivity contribution in [2.75, 3.05) is 4.90 Å². The average molecular weight is 787 g/mol. The van der Waals surface area contributed by atoms with E-state index in [1.165, 1.54) is 77.2 Å². The van der Waals surface area contributed by atoms with E-state index in [0.717, 1.165) is 17.1 Å². The highest BCUT2D eigenvalue weighted by atomic mass is 28.3. The number of anilines is 3. The van der Waals surface area contributed by atoms with Crippen molar-refractivity contribution in [2.45, 2.75) is 19.6 Å². The molecule has 0 bridgehead atoms. The van der Waals surface area contributed by atoms with Crippen LogP contribution in [0.1, 0.15) is 0 Å². The van der Waals surface area contributed by atoms with Gasteiger partial charge in [-0.15, -0.1) is 0 Å². The third-order valence-electron chi connectivity index (χ3n) is 11.8. The number of para-hydroxylation sites is 2. The van der Waals surface area contributed by atoms with E-state index in [0.29, 0.717) is 0 Å². The monoisotopic (exact) mass is 786 g/mol. The summed E-state index contributed by atoms with van der Waals surface area (Å²) in [4.78, 5) is 2.35. The van der Waals surface area contributed by atoms with Crippen molar-refractivity contribution >= 4 is 52.1 Å². The van der Waals surface area contributed by atoms with Gasteiger partial charge in [0.15, 0.2) is 0 Å². The molecule has 0 radical (unpaired) electrons. The van der Waals surface area contributed by atoms with Gasteiger partial charge in [-0.3, -0.25) is 0 Å². The largest absolute Gasteiger partial charge is 0.311 e. The van der Waals surface area contributed by atoms with Gasteiger partial charge in [0.1, 0.15) is 0 Å². The summed E-state index contributed by atoms with van der Waals surface area (Å²) in [6.45, 7) is 7.19. The maximum atomic E-state index is 2.40. The molecule has 288 valence electrons. The van der Waals surface area contributed by atoms with Crippen LogP contribution in [0.15, 0.2) is 224 Å². The number of hydrogen-bond acceptors (Lipinski definition) is 1. The Morgan fingerprint density at radius 2 is 0.683 bits per heavy atom. The molecule has 2 nitrogen and oxygen atoms in total. The van der Waals surface area contributed by atoms with E-state index in [9.17, 15) is 0 Å². The predicted molar refractivity (Wildman–Crippen MR) is 260 cm³/mol. The minimum absolute atomic E-state index is 1.11. The topological polar surface area (TPSA) is 8.17 Å². The molecule has 3 heteroatoms. The Balaban J connectivity index is 0.950. The zero-order chi connectivity index (χ0) is 40.6. The van der Waals surface area contributed by atoms with Gasteiger partial charge in [-0.1, -0.05) is 183 Å². The van der Waals surface area contributed by atoms with Crippen LogP contribution in [0.3, 0.4) is 0 Å². The second-order valence-corrected chi connectivity index (χ2v) is 21.7. The van der Waals surface area contributed by atoms with Crippen LogP contribution in [0.2, 0.25) is 19.6 Å². The van der Waals surface area contributed by atoms with Crippen LogP contribution in [0, 0.1) is 0 Å². The minimum atomic E-state index is -1.36. The smallest absolute Gasteiger partial charge is 0.0775 e. The zero-order valence-corrected chi connectivity index (χ0v) is 35.3. The fourth-order valence-electron chi connectivity index (χ4n) is 8.51. The van der Waals surface area contributed by atoms with Crippen LogP contribution in [0.25, 0.3) is 72.0 Å². The van der Waals surface area contributed by atoms with E-state index in [4.69, 9.17) is 0 Å². The Kier molecular flexibility index (Phi) is 9.59. The molecule has 9 aromatic carbocycles. The van der Waals surface area contributed by atoms with Crippen molar-refractivity contribution in [1.29, 1.82) is 0 Å². The lowest BCUT2D eigenvalue weighted by Gasteiger charge is -2.26. The first-order valence-electron chi connectivity index (χ1n) is 20.8. The number of hydrogen-bond donors (Lipinski definition) is 0. The molecule has 0 unspecified atom stereocenters. The lowest BCUT2D eigenvalue weighted by Crippen LogP contribution is -2.37. The minimum Gasteiger partial charge on any atom is -0.311 e. The highest BCUT2D eigenvalue weighted by molar-refractivity contribution is 6.88. The summed E-state index contributed by atoms with van der Waals surface area (Å²) in [5, 5.41) is 4.00. The molecular formula is C57H46N2Si. The first-order chi connectivity index (χ1) is 29.4. The molecule has 0 spiro atoms. The standard InChI is InChI=1S/C57H46N2Si/c1-60(2,3)53-37-28-46(29-38-53)45-26-35-52(36-27-45)58(50-31-22-43(23-32-50)41-12-6-4-7-13-41)51-33-24-44(25-34-51)42-18-20-47(21-19-42)48-30-39-57-55(40-48)54-16-10-11-17-56(54)59(57)49-14-8-5-9-15-49/h4-40H,1-3H3. The molecule has 0 amide bonds. The van der Waals surface area contributed by atoms with Crippen molar-refractivity contribution in [3.8, 4) is 50.2 Å². The van der Waals surface area contributed by atoms with Crippen LogP contribution < -0.4 is 10.1 Å². The summed E-state index contributed by atoms with van der Waals surface area (Å²) >= 11 is 0. The second kappa shape index (κ2) is 15.5. The molecule has 60 heavy (non-hydrogen) atoms. The SMILES string of the molecule is C[Si](C)(C)c1ccc(-c2ccc(N(c3ccc(-c4ccccc4)cc3)c3ccc(-c4ccc(-c5ccc6c(c5)c5ccccc5n6-c5ccccc5)cc4)cc3)cc2)cc1. The van der Waals surface area contributed by atoms with Crippen molar-refractivity contribution < 1.29 is 0 Å². The third-order valence-corrected chi connectivity index (χ3v) is 13.9. The second-order valence-electron chi connectivity index (χ2n) is 16.7. The number of rotatable bonds is 9. The summed E-state index contributed by atoms with van der Waals surface area (Å²) in [6.07, 6.45) is 0. The van der Waals surface area contributed by atoms with Gasteiger partial charge in [0.2, 0.25) is 0 Å². The van der Waals surface area contributed by atoms with Crippen molar-refractivity contribution in [3.05, 3.63) is 224 Å². The number of aromatic nitrogens is 1. The first kappa shape index (κ1) is 37.1. The molecule has 0 N–H and O–H groups in total. The van der Waals surface area contributed by atoms with Crippen LogP contribution in [0.5, 0.6) is 0 Å². The van der Waals surface area contributed by atoms with Crippen LogP contribution in [-0.2, 0) is 0 Å². The van der Waals surface area contributed by atoms with Gasteiger partial charge in [0.05, 0.1) is 19.1 Å². The molecule has 1 heterocycles. The average Bonchev–Trinajstić information content (AvgIpc) is 3.64. The lowest BCUT2D eigenvalue weighted by atomic mass is 9.98. The van der Waals surface area contributed by atoms with Crippen LogP contribution in [-0.4, -0.2) is 12.6 Å². The summed E-state index contributed by atoms with van der Waals surface area (Å²) in [5.74, 6) is 0. The molecule has 10 rings (SSSR count). The summed E-state index contributed by atoms with van der Waals surface area (Å²) in [5.41, 5.74) is 16.6. The Morgan fingerprint density at radius 1 is 0.317 bits per heavy atom. The summed E-state index contributed by atoms with van der Waals surface area (Å²) in [6, 6.07) is 81.8. The zero-order valence-electron chi connectivity index (χ0n) is 34.3. The van der Waals surface area contributed by atoms with E-state index in [-0.39, 0.29) is 0 Å². The van der Waals surface area contributed by atoms with Gasteiger partial charge < -0.3 is 9.47 Å². The summed E-state index contributed by atoms with van der Waals surface area (Å²) in [7, 11) is -1.36. The van der Waals surface area contributed by atoms with E-state index in [1.807, 2.05) is 0 Å². The number of benzene rings is 9.